The van der Waals surface area contributed by atoms with Gasteiger partial charge < -0.3 is 4.90 Å². The minimum absolute atomic E-state index is 0.131. The maximum atomic E-state index is 13.2. The molecule has 0 bridgehead atoms. The molecular weight excluding hydrogens is 311 g/mol. The second-order valence-corrected chi connectivity index (χ2v) is 5.73. The second kappa shape index (κ2) is 5.72. The van der Waals surface area contributed by atoms with E-state index < -0.39 is 23.2 Å². The van der Waals surface area contributed by atoms with Gasteiger partial charge in [-0.1, -0.05) is 6.07 Å². The number of alkyl halides is 5. The number of hydrogen-bond donors (Lipinski definition) is 0. The third kappa shape index (κ3) is 3.23. The summed E-state index contributed by atoms with van der Waals surface area (Å²) in [6, 6.07) is 5.83. The first-order valence-electron chi connectivity index (χ1n) is 6.18. The molecule has 0 saturated carbocycles. The lowest BCUT2D eigenvalue weighted by molar-refractivity contribution is -0.237. The number of anilines is 1. The van der Waals surface area contributed by atoms with E-state index in [2.05, 4.69) is 0 Å². The maximum absolute atomic E-state index is 13.2. The van der Waals surface area contributed by atoms with Crippen LogP contribution in [-0.4, -0.2) is 24.5 Å². The van der Waals surface area contributed by atoms with E-state index in [0.29, 0.717) is 18.8 Å². The molecule has 1 aliphatic heterocycles. The first-order valence-corrected chi connectivity index (χ1v) is 6.99. The van der Waals surface area contributed by atoms with Gasteiger partial charge in [-0.25, -0.2) is 0 Å². The summed E-state index contributed by atoms with van der Waals surface area (Å²) in [6.07, 6.45) is -3.85. The Morgan fingerprint density at radius 2 is 1.71 bits per heavy atom. The zero-order valence-corrected chi connectivity index (χ0v) is 11.6. The third-order valence-electron chi connectivity index (χ3n) is 3.13. The normalized spacial score (nSPS) is 16.1. The van der Waals surface area contributed by atoms with Gasteiger partial charge in [0.2, 0.25) is 0 Å². The van der Waals surface area contributed by atoms with Crippen molar-refractivity contribution in [2.24, 2.45) is 0 Å². The molecule has 1 saturated heterocycles. The van der Waals surface area contributed by atoms with Crippen molar-refractivity contribution < 1.29 is 22.0 Å². The summed E-state index contributed by atoms with van der Waals surface area (Å²) in [5.74, 6) is 0. The van der Waals surface area contributed by atoms with Gasteiger partial charge in [-0.05, 0) is 36.7 Å². The van der Waals surface area contributed by atoms with Crippen LogP contribution in [0, 0.1) is 11.3 Å². The van der Waals surface area contributed by atoms with E-state index in [1.165, 1.54) is 6.07 Å². The van der Waals surface area contributed by atoms with Crippen molar-refractivity contribution in [3.8, 4) is 6.07 Å². The fraction of sp³-hybridized carbons (Fsp3) is 0.462. The molecule has 1 aromatic rings. The molecule has 0 aliphatic carbocycles. The lowest BCUT2D eigenvalue weighted by Gasteiger charge is -2.23. The van der Waals surface area contributed by atoms with Gasteiger partial charge >= 0.3 is 11.4 Å². The molecule has 0 spiro atoms. The molecule has 0 amide bonds. The van der Waals surface area contributed by atoms with Crippen LogP contribution in [0.2, 0.25) is 0 Å². The molecule has 2 rings (SSSR count). The standard InChI is InChI=1S/C13H11F5N2S/c14-12(15,16)13(17,18)21-11-5-3-4-10(9(11)8-19)20-6-1-2-7-20/h3-5H,1-2,6-7H2. The quantitative estimate of drug-likeness (QED) is 0.609. The molecule has 1 aliphatic rings. The SMILES string of the molecule is N#Cc1c(SC(F)(F)C(F)(F)F)cccc1N1CCCC1. The summed E-state index contributed by atoms with van der Waals surface area (Å²) in [6.45, 7) is 1.33. The van der Waals surface area contributed by atoms with Crippen LogP contribution in [0.4, 0.5) is 27.6 Å². The lowest BCUT2D eigenvalue weighted by Crippen LogP contribution is -2.32. The van der Waals surface area contributed by atoms with Gasteiger partial charge in [-0.15, -0.1) is 0 Å². The molecular formula is C13H11F5N2S. The van der Waals surface area contributed by atoms with Gasteiger partial charge in [0, 0.05) is 18.0 Å². The summed E-state index contributed by atoms with van der Waals surface area (Å²) in [5, 5.41) is 4.21. The zero-order valence-electron chi connectivity index (χ0n) is 10.8. The highest BCUT2D eigenvalue weighted by Crippen LogP contribution is 2.49. The third-order valence-corrected chi connectivity index (χ3v) is 4.18. The first kappa shape index (κ1) is 15.9. The van der Waals surface area contributed by atoms with Crippen LogP contribution < -0.4 is 4.90 Å². The highest BCUT2D eigenvalue weighted by atomic mass is 32.2. The Labute approximate surface area is 122 Å². The maximum Gasteiger partial charge on any atom is 0.464 e. The predicted octanol–water partition coefficient (Wildman–Crippen LogP) is 4.41. The molecule has 0 aromatic heterocycles. The number of thioether (sulfide) groups is 1. The van der Waals surface area contributed by atoms with Crippen LogP contribution >= 0.6 is 11.8 Å². The number of benzene rings is 1. The van der Waals surface area contributed by atoms with Gasteiger partial charge in [0.15, 0.2) is 0 Å². The van der Waals surface area contributed by atoms with E-state index in [0.717, 1.165) is 18.9 Å². The van der Waals surface area contributed by atoms with Gasteiger partial charge in [0.05, 0.1) is 11.3 Å². The predicted molar refractivity (Wildman–Crippen MR) is 69.5 cm³/mol. The summed E-state index contributed by atoms with van der Waals surface area (Å²) in [5.41, 5.74) is 0.284. The van der Waals surface area contributed by atoms with Gasteiger partial charge in [-0.3, -0.25) is 0 Å². The van der Waals surface area contributed by atoms with Gasteiger partial charge in [0.25, 0.3) is 0 Å². The monoisotopic (exact) mass is 322 g/mol. The van der Waals surface area contributed by atoms with Gasteiger partial charge in [0.1, 0.15) is 6.07 Å². The summed E-state index contributed by atoms with van der Waals surface area (Å²) in [7, 11) is 0. The van der Waals surface area contributed by atoms with Crippen LogP contribution in [0.5, 0.6) is 0 Å². The fourth-order valence-electron chi connectivity index (χ4n) is 2.13. The van der Waals surface area contributed by atoms with Crippen LogP contribution in [0.1, 0.15) is 18.4 Å². The second-order valence-electron chi connectivity index (χ2n) is 4.57. The zero-order chi connectivity index (χ0) is 15.7. The number of nitrogens with zero attached hydrogens (tertiary/aromatic N) is 2. The number of halogens is 5. The van der Waals surface area contributed by atoms with E-state index in [4.69, 9.17) is 5.26 Å². The summed E-state index contributed by atoms with van der Waals surface area (Å²) < 4.78 is 63.2. The summed E-state index contributed by atoms with van der Waals surface area (Å²) in [4.78, 5) is 1.47. The van der Waals surface area contributed by atoms with Crippen molar-refractivity contribution in [1.82, 2.24) is 0 Å². The van der Waals surface area contributed by atoms with E-state index in [-0.39, 0.29) is 10.5 Å². The van der Waals surface area contributed by atoms with Crippen LogP contribution in [0.3, 0.4) is 0 Å². The van der Waals surface area contributed by atoms with Crippen LogP contribution in [0.15, 0.2) is 23.1 Å². The molecule has 0 atom stereocenters. The Kier molecular flexibility index (Phi) is 4.33. The van der Waals surface area contributed by atoms with E-state index in [1.807, 2.05) is 4.90 Å². The Hall–Kier alpha value is -1.49. The molecule has 1 heterocycles. The molecule has 21 heavy (non-hydrogen) atoms. The number of nitriles is 1. The average molecular weight is 322 g/mol. The molecule has 1 aromatic carbocycles. The van der Waals surface area contributed by atoms with Crippen molar-refractivity contribution in [2.45, 2.75) is 29.2 Å². The van der Waals surface area contributed by atoms with Crippen LogP contribution in [-0.2, 0) is 0 Å². The molecule has 0 unspecified atom stereocenters. The Morgan fingerprint density at radius 1 is 1.10 bits per heavy atom. The molecule has 114 valence electrons. The highest BCUT2D eigenvalue weighted by molar-refractivity contribution is 8.00. The van der Waals surface area contributed by atoms with Crippen molar-refractivity contribution in [1.29, 1.82) is 5.26 Å². The minimum atomic E-state index is -5.66. The van der Waals surface area contributed by atoms with Gasteiger partial charge in [-0.2, -0.15) is 27.2 Å². The number of rotatable bonds is 3. The first-order chi connectivity index (χ1) is 9.76. The largest absolute Gasteiger partial charge is 0.464 e. The van der Waals surface area contributed by atoms with E-state index in [9.17, 15) is 22.0 Å². The minimum Gasteiger partial charge on any atom is -0.370 e. The lowest BCUT2D eigenvalue weighted by atomic mass is 10.2. The molecule has 1 fully saturated rings. The smallest absolute Gasteiger partial charge is 0.370 e. The van der Waals surface area contributed by atoms with E-state index in [1.54, 1.807) is 12.1 Å². The fourth-order valence-corrected chi connectivity index (χ4v) is 2.93. The Balaban J connectivity index is 2.37. The highest BCUT2D eigenvalue weighted by Gasteiger charge is 2.58. The summed E-state index contributed by atoms with van der Waals surface area (Å²) >= 11 is -0.631. The molecule has 0 N–H and O–H groups in total. The molecule has 0 radical (unpaired) electrons. The molecule has 2 nitrogen and oxygen atoms in total. The van der Waals surface area contributed by atoms with Crippen LogP contribution in [0.25, 0.3) is 0 Å². The number of hydrogen-bond acceptors (Lipinski definition) is 3. The van der Waals surface area contributed by atoms with Crippen molar-refractivity contribution in [2.75, 3.05) is 18.0 Å². The van der Waals surface area contributed by atoms with Crippen molar-refractivity contribution in [3.05, 3.63) is 23.8 Å². The average Bonchev–Trinajstić information content (AvgIpc) is 2.90. The topological polar surface area (TPSA) is 27.0 Å². The van der Waals surface area contributed by atoms with E-state index >= 15 is 0 Å². The Bertz CT molecular complexity index is 559. The van der Waals surface area contributed by atoms with Crippen molar-refractivity contribution >= 4 is 17.4 Å². The van der Waals surface area contributed by atoms with Crippen molar-refractivity contribution in [3.63, 3.8) is 0 Å². The molecule has 8 heteroatoms. The Morgan fingerprint density at radius 3 is 2.24 bits per heavy atom.